The topological polar surface area (TPSA) is 38.3 Å². The molecule has 0 radical (unpaired) electrons. The minimum absolute atomic E-state index is 0.0852. The first-order valence-corrected chi connectivity index (χ1v) is 7.08. The molecule has 1 heterocycles. The van der Waals surface area contributed by atoms with E-state index in [1.165, 1.54) is 0 Å². The molecule has 0 spiro atoms. The van der Waals surface area contributed by atoms with Crippen LogP contribution in [-0.4, -0.2) is 25.2 Å². The van der Waals surface area contributed by atoms with Gasteiger partial charge >= 0.3 is 0 Å². The van der Waals surface area contributed by atoms with Crippen molar-refractivity contribution in [2.24, 2.45) is 5.92 Å². The lowest BCUT2D eigenvalue weighted by Gasteiger charge is -2.19. The summed E-state index contributed by atoms with van der Waals surface area (Å²) in [5.74, 6) is 0.318. The molecule has 1 N–H and O–H groups in total. The second-order valence-electron chi connectivity index (χ2n) is 4.51. The maximum atomic E-state index is 12.1. The number of rotatable bonds is 3. The molecule has 0 aromatic heterocycles. The number of amides is 1. The summed E-state index contributed by atoms with van der Waals surface area (Å²) in [4.78, 5) is 12.1. The molecule has 2 unspecified atom stereocenters. The Morgan fingerprint density at radius 3 is 3.00 bits per heavy atom. The highest BCUT2D eigenvalue weighted by Gasteiger charge is 2.24. The van der Waals surface area contributed by atoms with Crippen LogP contribution in [0.5, 0.6) is 0 Å². The fourth-order valence-corrected chi connectivity index (χ4v) is 2.89. The first-order chi connectivity index (χ1) is 8.58. The fraction of sp³-hybridized carbons (Fsp3) is 0.462. The zero-order chi connectivity index (χ0) is 13.1. The molecule has 1 aromatic rings. The molecule has 0 saturated carbocycles. The van der Waals surface area contributed by atoms with E-state index in [-0.39, 0.29) is 11.9 Å². The Morgan fingerprint density at radius 2 is 2.39 bits per heavy atom. The van der Waals surface area contributed by atoms with Gasteiger partial charge in [0.25, 0.3) is 5.91 Å². The van der Waals surface area contributed by atoms with Crippen molar-refractivity contribution in [2.75, 3.05) is 13.2 Å². The van der Waals surface area contributed by atoms with Gasteiger partial charge in [-0.15, -0.1) is 0 Å². The van der Waals surface area contributed by atoms with Crippen LogP contribution in [0, 0.1) is 5.92 Å². The number of carbonyl (C=O) groups excluding carboxylic acids is 1. The lowest BCUT2D eigenvalue weighted by molar-refractivity contribution is 0.0921. The standard InChI is InChI=1S/C13H15BrClNO2/c1-8(9-4-5-18-7-9)16-13(17)11-3-2-10(15)6-12(11)14/h2-3,6,8-9H,4-5,7H2,1H3,(H,16,17). The smallest absolute Gasteiger partial charge is 0.252 e. The number of halogens is 2. The molecule has 18 heavy (non-hydrogen) atoms. The minimum atomic E-state index is -0.0852. The molecule has 1 fully saturated rings. The molecule has 1 saturated heterocycles. The van der Waals surface area contributed by atoms with E-state index in [1.54, 1.807) is 18.2 Å². The Hall–Kier alpha value is -0.580. The molecule has 3 nitrogen and oxygen atoms in total. The van der Waals surface area contributed by atoms with E-state index in [9.17, 15) is 4.79 Å². The molecule has 1 aliphatic heterocycles. The van der Waals surface area contributed by atoms with Crippen LogP contribution in [0.4, 0.5) is 0 Å². The van der Waals surface area contributed by atoms with Crippen molar-refractivity contribution in [2.45, 2.75) is 19.4 Å². The van der Waals surface area contributed by atoms with Gasteiger partial charge in [-0.05, 0) is 47.5 Å². The van der Waals surface area contributed by atoms with Crippen molar-refractivity contribution in [3.63, 3.8) is 0 Å². The van der Waals surface area contributed by atoms with Crippen LogP contribution >= 0.6 is 27.5 Å². The van der Waals surface area contributed by atoms with Crippen LogP contribution < -0.4 is 5.32 Å². The zero-order valence-corrected chi connectivity index (χ0v) is 12.4. The molecule has 98 valence electrons. The maximum Gasteiger partial charge on any atom is 0.252 e. The van der Waals surface area contributed by atoms with Gasteiger partial charge in [0, 0.05) is 28.1 Å². The molecule has 1 amide bonds. The number of benzene rings is 1. The largest absolute Gasteiger partial charge is 0.381 e. The summed E-state index contributed by atoms with van der Waals surface area (Å²) in [5.41, 5.74) is 0.602. The lowest BCUT2D eigenvalue weighted by Crippen LogP contribution is -2.38. The maximum absolute atomic E-state index is 12.1. The molecule has 2 rings (SSSR count). The predicted octanol–water partition coefficient (Wildman–Crippen LogP) is 3.26. The quantitative estimate of drug-likeness (QED) is 0.922. The Balaban J connectivity index is 2.02. The Kier molecular flexibility index (Phi) is 4.65. The zero-order valence-electron chi connectivity index (χ0n) is 10.1. The predicted molar refractivity (Wildman–Crippen MR) is 75.0 cm³/mol. The van der Waals surface area contributed by atoms with Gasteiger partial charge in [-0.3, -0.25) is 4.79 Å². The van der Waals surface area contributed by atoms with E-state index in [0.717, 1.165) is 19.6 Å². The monoisotopic (exact) mass is 331 g/mol. The van der Waals surface area contributed by atoms with Crippen LogP contribution in [0.1, 0.15) is 23.7 Å². The summed E-state index contributed by atoms with van der Waals surface area (Å²) < 4.78 is 6.04. The van der Waals surface area contributed by atoms with Crippen molar-refractivity contribution in [1.29, 1.82) is 0 Å². The number of carbonyl (C=O) groups is 1. The SMILES string of the molecule is CC(NC(=O)c1ccc(Cl)cc1Br)C1CCOC1. The molecule has 1 aromatic carbocycles. The van der Waals surface area contributed by atoms with Gasteiger partial charge in [-0.2, -0.15) is 0 Å². The molecule has 2 atom stereocenters. The number of ether oxygens (including phenoxy) is 1. The third kappa shape index (κ3) is 3.25. The second-order valence-corrected chi connectivity index (χ2v) is 5.80. The van der Waals surface area contributed by atoms with Gasteiger partial charge in [0.15, 0.2) is 0 Å². The highest BCUT2D eigenvalue weighted by molar-refractivity contribution is 9.10. The van der Waals surface area contributed by atoms with Gasteiger partial charge in [0.2, 0.25) is 0 Å². The summed E-state index contributed by atoms with van der Waals surface area (Å²) in [5, 5.41) is 3.61. The van der Waals surface area contributed by atoms with Gasteiger partial charge in [0.05, 0.1) is 12.2 Å². The van der Waals surface area contributed by atoms with Crippen molar-refractivity contribution < 1.29 is 9.53 Å². The molecule has 1 aliphatic rings. The second kappa shape index (κ2) is 6.04. The van der Waals surface area contributed by atoms with E-state index in [0.29, 0.717) is 21.0 Å². The van der Waals surface area contributed by atoms with Crippen LogP contribution in [0.15, 0.2) is 22.7 Å². The van der Waals surface area contributed by atoms with Crippen molar-refractivity contribution in [3.05, 3.63) is 33.3 Å². The summed E-state index contributed by atoms with van der Waals surface area (Å²) in [7, 11) is 0. The molecule has 0 bridgehead atoms. The molecule has 5 heteroatoms. The first kappa shape index (κ1) is 13.8. The van der Waals surface area contributed by atoms with Crippen LogP contribution in [-0.2, 0) is 4.74 Å². The summed E-state index contributed by atoms with van der Waals surface area (Å²) in [6.45, 7) is 3.53. The average molecular weight is 333 g/mol. The lowest BCUT2D eigenvalue weighted by atomic mass is 10.0. The van der Waals surface area contributed by atoms with Crippen molar-refractivity contribution >= 4 is 33.4 Å². The van der Waals surface area contributed by atoms with Gasteiger partial charge in [0.1, 0.15) is 0 Å². The third-order valence-electron chi connectivity index (χ3n) is 3.21. The molecule has 0 aliphatic carbocycles. The fourth-order valence-electron chi connectivity index (χ4n) is 2.02. The minimum Gasteiger partial charge on any atom is -0.381 e. The average Bonchev–Trinajstić information content (AvgIpc) is 2.81. The van der Waals surface area contributed by atoms with Crippen molar-refractivity contribution in [3.8, 4) is 0 Å². The Labute approximate surface area is 120 Å². The number of hydrogen-bond acceptors (Lipinski definition) is 2. The number of hydrogen-bond donors (Lipinski definition) is 1. The van der Waals surface area contributed by atoms with E-state index in [1.807, 2.05) is 6.92 Å². The van der Waals surface area contributed by atoms with E-state index in [2.05, 4.69) is 21.2 Å². The Morgan fingerprint density at radius 1 is 1.61 bits per heavy atom. The van der Waals surface area contributed by atoms with Crippen LogP contribution in [0.25, 0.3) is 0 Å². The van der Waals surface area contributed by atoms with Crippen molar-refractivity contribution in [1.82, 2.24) is 5.32 Å². The van der Waals surface area contributed by atoms with E-state index >= 15 is 0 Å². The highest BCUT2D eigenvalue weighted by Crippen LogP contribution is 2.22. The van der Waals surface area contributed by atoms with Crippen LogP contribution in [0.3, 0.4) is 0 Å². The summed E-state index contributed by atoms with van der Waals surface area (Å²) in [6.07, 6.45) is 1.00. The highest BCUT2D eigenvalue weighted by atomic mass is 79.9. The third-order valence-corrected chi connectivity index (χ3v) is 4.10. The summed E-state index contributed by atoms with van der Waals surface area (Å²) in [6, 6.07) is 5.27. The molecular formula is C13H15BrClNO2. The van der Waals surface area contributed by atoms with E-state index < -0.39 is 0 Å². The number of nitrogens with one attached hydrogen (secondary N) is 1. The van der Waals surface area contributed by atoms with E-state index in [4.69, 9.17) is 16.3 Å². The normalized spacial score (nSPS) is 20.7. The van der Waals surface area contributed by atoms with Gasteiger partial charge in [-0.1, -0.05) is 11.6 Å². The first-order valence-electron chi connectivity index (χ1n) is 5.91. The Bertz CT molecular complexity index is 447. The van der Waals surface area contributed by atoms with Gasteiger partial charge in [-0.25, -0.2) is 0 Å². The summed E-state index contributed by atoms with van der Waals surface area (Å²) >= 11 is 9.20. The van der Waals surface area contributed by atoms with Gasteiger partial charge < -0.3 is 10.1 Å². The molecular weight excluding hydrogens is 318 g/mol. The van der Waals surface area contributed by atoms with Crippen LogP contribution in [0.2, 0.25) is 5.02 Å².